The molecule has 4 N–H and O–H groups in total. The first-order valence-electron chi connectivity index (χ1n) is 9.66. The summed E-state index contributed by atoms with van der Waals surface area (Å²) in [7, 11) is 0. The smallest absolute Gasteiger partial charge is 0.353 e. The van der Waals surface area contributed by atoms with Crippen LogP contribution >= 0.6 is 11.8 Å². The lowest BCUT2D eigenvalue weighted by atomic mass is 9.79. The molecule has 0 spiro atoms. The van der Waals surface area contributed by atoms with Crippen LogP contribution in [0.2, 0.25) is 0 Å². The number of aliphatic carboxylic acids is 1. The number of carboxylic acids is 1. The van der Waals surface area contributed by atoms with Crippen molar-refractivity contribution in [2.75, 3.05) is 19.6 Å². The minimum atomic E-state index is -1.13. The Kier molecular flexibility index (Phi) is 5.07. The molecule has 0 saturated carbocycles. The van der Waals surface area contributed by atoms with Crippen LogP contribution in [0, 0.1) is 11.8 Å². The van der Waals surface area contributed by atoms with Crippen LogP contribution in [0.3, 0.4) is 0 Å². The van der Waals surface area contributed by atoms with Crippen molar-refractivity contribution in [3.05, 3.63) is 10.6 Å². The highest BCUT2D eigenvalue weighted by molar-refractivity contribution is 8.03. The number of fused-ring (bicyclic) bond motifs is 1. The van der Waals surface area contributed by atoms with E-state index >= 15 is 0 Å². The summed E-state index contributed by atoms with van der Waals surface area (Å²) in [6.45, 7) is 4.56. The Balaban J connectivity index is 1.44. The number of nitrogens with one attached hydrogen (secondary N) is 2. The number of thioether (sulfide) groups is 1. The Morgan fingerprint density at radius 2 is 2.07 bits per heavy atom. The molecule has 10 nitrogen and oxygen atoms in total. The number of carbonyl (C=O) groups excluding carboxylic acids is 3. The van der Waals surface area contributed by atoms with Gasteiger partial charge in [0.05, 0.1) is 18.1 Å². The van der Waals surface area contributed by atoms with E-state index < -0.39 is 18.0 Å². The zero-order valence-electron chi connectivity index (χ0n) is 16.1. The maximum Gasteiger partial charge on any atom is 0.353 e. The molecule has 6 atom stereocenters. The van der Waals surface area contributed by atoms with Gasteiger partial charge in [0, 0.05) is 35.2 Å². The molecule has 3 saturated heterocycles. The summed E-state index contributed by atoms with van der Waals surface area (Å²) in [6.07, 6.45) is -0.109. The van der Waals surface area contributed by atoms with Gasteiger partial charge in [-0.15, -0.1) is 11.8 Å². The SMILES string of the molecule is C[C@@H](O)[C@H]1C(=O)N2C(C(=O)O)=C(S[C@@H]3CN[C@H](CN4CC(=O)NC4=O)C3)[C@H](C)[C@H]12. The average molecular weight is 424 g/mol. The molecule has 0 radical (unpaired) electrons. The summed E-state index contributed by atoms with van der Waals surface area (Å²) in [5, 5.41) is 25.3. The van der Waals surface area contributed by atoms with Crippen molar-refractivity contribution in [3.63, 3.8) is 0 Å². The van der Waals surface area contributed by atoms with Crippen molar-refractivity contribution in [3.8, 4) is 0 Å². The van der Waals surface area contributed by atoms with Gasteiger partial charge in [-0.25, -0.2) is 9.59 Å². The van der Waals surface area contributed by atoms with Crippen LogP contribution in [0.5, 0.6) is 0 Å². The maximum absolute atomic E-state index is 12.4. The lowest BCUT2D eigenvalue weighted by Crippen LogP contribution is -2.63. The van der Waals surface area contributed by atoms with Crippen LogP contribution in [0.15, 0.2) is 10.6 Å². The molecule has 0 aromatic carbocycles. The molecule has 4 rings (SSSR count). The predicted octanol–water partition coefficient (Wildman–Crippen LogP) is -0.844. The fourth-order valence-corrected chi connectivity index (χ4v) is 6.28. The summed E-state index contributed by atoms with van der Waals surface area (Å²) >= 11 is 1.46. The molecule has 0 unspecified atom stereocenters. The normalized spacial score (nSPS) is 35.1. The van der Waals surface area contributed by atoms with Gasteiger partial charge < -0.3 is 25.3 Å². The van der Waals surface area contributed by atoms with Crippen LogP contribution < -0.4 is 10.6 Å². The van der Waals surface area contributed by atoms with E-state index in [0.717, 1.165) is 0 Å². The number of aliphatic hydroxyl groups is 1. The molecular weight excluding hydrogens is 400 g/mol. The van der Waals surface area contributed by atoms with Crippen molar-refractivity contribution in [2.24, 2.45) is 11.8 Å². The number of amides is 4. The molecular formula is C18H24N4O6S. The summed E-state index contributed by atoms with van der Waals surface area (Å²) in [5.41, 5.74) is 0.0300. The first-order chi connectivity index (χ1) is 13.7. The molecule has 4 heterocycles. The van der Waals surface area contributed by atoms with Gasteiger partial charge in [0.2, 0.25) is 11.8 Å². The van der Waals surface area contributed by atoms with Crippen LogP contribution in [0.1, 0.15) is 20.3 Å². The standard InChI is InChI=1S/C18H24N4O6S/c1-7-13-12(8(2)23)16(25)22(13)14(17(26)27)15(7)29-10-3-9(19-4-10)5-21-6-11(24)20-18(21)28/h7-10,12-13,19,23H,3-6H2,1-2H3,(H,26,27)(H,20,24,28)/t7-,8-,9+,10+,12-,13-/m1/s1. The fourth-order valence-electron chi connectivity index (χ4n) is 4.77. The largest absolute Gasteiger partial charge is 0.477 e. The maximum atomic E-state index is 12.4. The third kappa shape index (κ3) is 3.30. The van der Waals surface area contributed by atoms with E-state index in [9.17, 15) is 29.4 Å². The number of nitrogens with zero attached hydrogens (tertiary/aromatic N) is 2. The van der Waals surface area contributed by atoms with Gasteiger partial charge in [-0.05, 0) is 13.3 Å². The van der Waals surface area contributed by atoms with Gasteiger partial charge in [0.25, 0.3) is 0 Å². The number of imide groups is 1. The summed E-state index contributed by atoms with van der Waals surface area (Å²) < 4.78 is 0. The minimum absolute atomic E-state index is 0.0126. The van der Waals surface area contributed by atoms with Crippen molar-refractivity contribution in [1.82, 2.24) is 20.4 Å². The van der Waals surface area contributed by atoms with Gasteiger partial charge >= 0.3 is 12.0 Å². The van der Waals surface area contributed by atoms with Gasteiger partial charge in [-0.2, -0.15) is 0 Å². The van der Waals surface area contributed by atoms with Crippen molar-refractivity contribution < 1.29 is 29.4 Å². The Labute approximate surface area is 171 Å². The van der Waals surface area contributed by atoms with Gasteiger partial charge in [-0.1, -0.05) is 6.92 Å². The summed E-state index contributed by atoms with van der Waals surface area (Å²) in [5.74, 6) is -2.51. The lowest BCUT2D eigenvalue weighted by Gasteiger charge is -2.46. The molecule has 0 aromatic heterocycles. The molecule has 4 aliphatic rings. The number of hydrogen-bond donors (Lipinski definition) is 4. The molecule has 158 valence electrons. The first-order valence-corrected chi connectivity index (χ1v) is 10.5. The quantitative estimate of drug-likeness (QED) is 0.320. The number of rotatable bonds is 6. The van der Waals surface area contributed by atoms with E-state index in [4.69, 9.17) is 0 Å². The number of hydrogen-bond acceptors (Lipinski definition) is 7. The zero-order valence-corrected chi connectivity index (χ0v) is 16.9. The number of carboxylic acid groups (broad SMARTS) is 1. The third-order valence-electron chi connectivity index (χ3n) is 6.10. The fraction of sp³-hybridized carbons (Fsp3) is 0.667. The molecule has 3 fully saturated rings. The molecule has 0 aromatic rings. The van der Waals surface area contributed by atoms with Crippen LogP contribution in [0.25, 0.3) is 0 Å². The van der Waals surface area contributed by atoms with E-state index in [-0.39, 0.29) is 53.3 Å². The van der Waals surface area contributed by atoms with Crippen molar-refractivity contribution >= 4 is 35.6 Å². The summed E-state index contributed by atoms with van der Waals surface area (Å²) in [4.78, 5) is 50.8. The van der Waals surface area contributed by atoms with E-state index in [1.807, 2.05) is 6.92 Å². The molecule has 29 heavy (non-hydrogen) atoms. The van der Waals surface area contributed by atoms with Crippen LogP contribution in [-0.2, 0) is 14.4 Å². The van der Waals surface area contributed by atoms with E-state index in [0.29, 0.717) is 24.4 Å². The second kappa shape index (κ2) is 7.29. The van der Waals surface area contributed by atoms with Crippen LogP contribution in [-0.4, -0.2) is 86.9 Å². The van der Waals surface area contributed by atoms with Crippen LogP contribution in [0.4, 0.5) is 4.79 Å². The molecule has 0 aliphatic carbocycles. The lowest BCUT2D eigenvalue weighted by molar-refractivity contribution is -0.163. The number of carbonyl (C=O) groups is 4. The Hall–Kier alpha value is -2.11. The van der Waals surface area contributed by atoms with Gasteiger partial charge in [0.1, 0.15) is 12.2 Å². The number of β-lactam (4-membered cyclic amide) rings is 1. The van der Waals surface area contributed by atoms with Crippen molar-refractivity contribution in [2.45, 2.75) is 43.7 Å². The molecule has 0 bridgehead atoms. The molecule has 11 heteroatoms. The molecule has 4 aliphatic heterocycles. The van der Waals surface area contributed by atoms with E-state index in [2.05, 4.69) is 10.6 Å². The number of aliphatic hydroxyl groups excluding tert-OH is 1. The van der Waals surface area contributed by atoms with Gasteiger partial charge in [-0.3, -0.25) is 14.9 Å². The highest BCUT2D eigenvalue weighted by atomic mass is 32.2. The van der Waals surface area contributed by atoms with Gasteiger partial charge in [0.15, 0.2) is 0 Å². The Bertz CT molecular complexity index is 814. The second-order valence-corrected chi connectivity index (χ2v) is 9.43. The predicted molar refractivity (Wildman–Crippen MR) is 103 cm³/mol. The minimum Gasteiger partial charge on any atom is -0.477 e. The first kappa shape index (κ1) is 20.2. The van der Waals surface area contributed by atoms with E-state index in [1.54, 1.807) is 6.92 Å². The third-order valence-corrected chi connectivity index (χ3v) is 7.61. The average Bonchev–Trinajstić information content (AvgIpc) is 3.26. The summed E-state index contributed by atoms with van der Waals surface area (Å²) in [6, 6.07) is -0.695. The monoisotopic (exact) mass is 424 g/mol. The highest BCUT2D eigenvalue weighted by Crippen LogP contribution is 2.51. The van der Waals surface area contributed by atoms with Crippen molar-refractivity contribution in [1.29, 1.82) is 0 Å². The Morgan fingerprint density at radius 3 is 2.66 bits per heavy atom. The zero-order chi connectivity index (χ0) is 21.0. The number of urea groups is 1. The topological polar surface area (TPSA) is 139 Å². The Morgan fingerprint density at radius 1 is 1.34 bits per heavy atom. The molecule has 4 amide bonds. The second-order valence-electron chi connectivity index (χ2n) is 8.09. The van der Waals surface area contributed by atoms with E-state index in [1.165, 1.54) is 21.6 Å². The highest BCUT2D eigenvalue weighted by Gasteiger charge is 2.60.